The van der Waals surface area contributed by atoms with E-state index in [0.29, 0.717) is 11.4 Å². The summed E-state index contributed by atoms with van der Waals surface area (Å²) in [4.78, 5) is 19.4. The minimum atomic E-state index is 0.616. The highest BCUT2D eigenvalue weighted by Crippen LogP contribution is 2.22. The van der Waals surface area contributed by atoms with Crippen molar-refractivity contribution in [3.05, 3.63) is 66.5 Å². The first-order valence-corrected chi connectivity index (χ1v) is 7.07. The first-order valence-electron chi connectivity index (χ1n) is 7.07. The Balaban J connectivity index is 1.85. The van der Waals surface area contributed by atoms with Crippen molar-refractivity contribution in [2.75, 3.05) is 12.4 Å². The van der Waals surface area contributed by atoms with Gasteiger partial charge in [-0.25, -0.2) is 9.97 Å². The molecule has 0 amide bonds. The Bertz CT molecular complexity index is 817. The molecule has 114 valence electrons. The maximum atomic E-state index is 10.9. The average molecular weight is 305 g/mol. The molecule has 0 atom stereocenters. The lowest BCUT2D eigenvalue weighted by Crippen LogP contribution is -1.96. The van der Waals surface area contributed by atoms with Crippen LogP contribution in [0.2, 0.25) is 0 Å². The van der Waals surface area contributed by atoms with Crippen molar-refractivity contribution in [3.63, 3.8) is 0 Å². The number of ether oxygens (including phenoxy) is 1. The van der Waals surface area contributed by atoms with Crippen LogP contribution in [0.15, 0.2) is 60.9 Å². The highest BCUT2D eigenvalue weighted by atomic mass is 16.5. The number of nitrogens with one attached hydrogen (secondary N) is 1. The first kappa shape index (κ1) is 14.7. The highest BCUT2D eigenvalue weighted by molar-refractivity contribution is 5.78. The van der Waals surface area contributed by atoms with Crippen LogP contribution in [-0.4, -0.2) is 23.4 Å². The molecule has 0 unspecified atom stereocenters. The van der Waals surface area contributed by atoms with Gasteiger partial charge in [0.05, 0.1) is 12.8 Å². The number of nitrogens with zero attached hydrogens (tertiary/aromatic N) is 2. The molecular formula is C18H15N3O2. The summed E-state index contributed by atoms with van der Waals surface area (Å²) < 4.78 is 5.14. The van der Waals surface area contributed by atoms with Crippen LogP contribution in [0, 0.1) is 0 Å². The maximum Gasteiger partial charge on any atom is 0.150 e. The van der Waals surface area contributed by atoms with Crippen LogP contribution in [-0.2, 0) is 0 Å². The molecule has 1 N–H and O–H groups in total. The molecule has 0 aliphatic heterocycles. The van der Waals surface area contributed by atoms with Crippen molar-refractivity contribution in [1.29, 1.82) is 0 Å². The zero-order valence-electron chi connectivity index (χ0n) is 12.6. The van der Waals surface area contributed by atoms with Crippen molar-refractivity contribution < 1.29 is 9.53 Å². The van der Waals surface area contributed by atoms with Gasteiger partial charge in [0.25, 0.3) is 0 Å². The summed E-state index contributed by atoms with van der Waals surface area (Å²) in [5.41, 5.74) is 3.14. The van der Waals surface area contributed by atoms with Crippen LogP contribution in [0.5, 0.6) is 5.75 Å². The summed E-state index contributed by atoms with van der Waals surface area (Å²) in [7, 11) is 1.63. The van der Waals surface area contributed by atoms with Gasteiger partial charge in [0.1, 0.15) is 24.2 Å². The molecule has 0 saturated carbocycles. The minimum absolute atomic E-state index is 0.616. The predicted octanol–water partition coefficient (Wildman–Crippen LogP) is 3.71. The smallest absolute Gasteiger partial charge is 0.150 e. The second-order valence-corrected chi connectivity index (χ2v) is 4.89. The molecule has 0 radical (unpaired) electrons. The lowest BCUT2D eigenvalue weighted by atomic mass is 10.1. The molecule has 23 heavy (non-hydrogen) atoms. The quantitative estimate of drug-likeness (QED) is 0.728. The number of hydrogen-bond donors (Lipinski definition) is 1. The normalized spacial score (nSPS) is 10.1. The Kier molecular flexibility index (Phi) is 4.29. The van der Waals surface area contributed by atoms with Gasteiger partial charge in [-0.2, -0.15) is 0 Å². The largest absolute Gasteiger partial charge is 0.497 e. The molecule has 2 aromatic carbocycles. The van der Waals surface area contributed by atoms with Gasteiger partial charge in [-0.15, -0.1) is 0 Å². The van der Waals surface area contributed by atoms with Crippen molar-refractivity contribution in [2.24, 2.45) is 0 Å². The van der Waals surface area contributed by atoms with Crippen LogP contribution < -0.4 is 10.1 Å². The van der Waals surface area contributed by atoms with Gasteiger partial charge in [0, 0.05) is 22.9 Å². The van der Waals surface area contributed by atoms with Gasteiger partial charge in [0.15, 0.2) is 0 Å². The van der Waals surface area contributed by atoms with Crippen LogP contribution in [0.3, 0.4) is 0 Å². The molecule has 1 heterocycles. The van der Waals surface area contributed by atoms with E-state index in [9.17, 15) is 4.79 Å². The molecule has 0 aliphatic rings. The fraction of sp³-hybridized carbons (Fsp3) is 0.0556. The molecule has 0 fully saturated rings. The van der Waals surface area contributed by atoms with Gasteiger partial charge in [-0.3, -0.25) is 4.79 Å². The van der Waals surface area contributed by atoms with E-state index >= 15 is 0 Å². The van der Waals surface area contributed by atoms with Crippen molar-refractivity contribution in [2.45, 2.75) is 0 Å². The van der Waals surface area contributed by atoms with Crippen molar-refractivity contribution >= 4 is 17.8 Å². The lowest BCUT2D eigenvalue weighted by Gasteiger charge is -2.08. The number of carbonyl (C=O) groups is 1. The van der Waals surface area contributed by atoms with E-state index in [1.807, 2.05) is 42.5 Å². The standard InChI is InChI=1S/C18H15N3O2/c1-23-16-7-5-15(6-8-16)21-18-10-17(19-12-20-18)14-4-2-3-13(9-14)11-22/h2-12H,1H3,(H,19,20,21). The minimum Gasteiger partial charge on any atom is -0.497 e. The molecule has 5 nitrogen and oxygen atoms in total. The molecule has 3 aromatic rings. The topological polar surface area (TPSA) is 64.1 Å². The van der Waals surface area contributed by atoms with E-state index in [2.05, 4.69) is 15.3 Å². The zero-order chi connectivity index (χ0) is 16.1. The zero-order valence-corrected chi connectivity index (χ0v) is 12.6. The van der Waals surface area contributed by atoms with Gasteiger partial charge in [-0.1, -0.05) is 18.2 Å². The number of carbonyl (C=O) groups excluding carboxylic acids is 1. The summed E-state index contributed by atoms with van der Waals surface area (Å²) >= 11 is 0. The Hall–Kier alpha value is -3.21. The molecule has 0 spiro atoms. The van der Waals surface area contributed by atoms with Crippen LogP contribution in [0.25, 0.3) is 11.3 Å². The third kappa shape index (κ3) is 3.52. The third-order valence-corrected chi connectivity index (χ3v) is 3.35. The number of aromatic nitrogens is 2. The second kappa shape index (κ2) is 6.70. The molecule has 1 aromatic heterocycles. The van der Waals surface area contributed by atoms with Crippen LogP contribution in [0.1, 0.15) is 10.4 Å². The van der Waals surface area contributed by atoms with Crippen molar-refractivity contribution in [3.8, 4) is 17.0 Å². The van der Waals surface area contributed by atoms with Gasteiger partial charge < -0.3 is 10.1 Å². The number of anilines is 2. The number of aldehydes is 1. The Labute approximate surface area is 134 Å². The molecule has 5 heteroatoms. The number of methoxy groups -OCH3 is 1. The second-order valence-electron chi connectivity index (χ2n) is 4.89. The number of hydrogen-bond acceptors (Lipinski definition) is 5. The average Bonchev–Trinajstić information content (AvgIpc) is 2.63. The van der Waals surface area contributed by atoms with E-state index in [0.717, 1.165) is 29.0 Å². The summed E-state index contributed by atoms with van der Waals surface area (Å²) in [5, 5.41) is 3.22. The lowest BCUT2D eigenvalue weighted by molar-refractivity contribution is 0.112. The van der Waals surface area contributed by atoms with Crippen LogP contribution in [0.4, 0.5) is 11.5 Å². The van der Waals surface area contributed by atoms with E-state index in [1.165, 1.54) is 6.33 Å². The van der Waals surface area contributed by atoms with Crippen LogP contribution >= 0.6 is 0 Å². The van der Waals surface area contributed by atoms with Gasteiger partial charge >= 0.3 is 0 Å². The maximum absolute atomic E-state index is 10.9. The van der Waals surface area contributed by atoms with E-state index in [4.69, 9.17) is 4.74 Å². The molecule has 0 bridgehead atoms. The van der Waals surface area contributed by atoms with E-state index < -0.39 is 0 Å². The first-order chi connectivity index (χ1) is 11.3. The fourth-order valence-corrected chi connectivity index (χ4v) is 2.18. The Morgan fingerprint density at radius 3 is 2.61 bits per heavy atom. The molecule has 0 saturated heterocycles. The molecule has 0 aliphatic carbocycles. The van der Waals surface area contributed by atoms with E-state index in [1.54, 1.807) is 19.2 Å². The molecular weight excluding hydrogens is 290 g/mol. The van der Waals surface area contributed by atoms with Gasteiger partial charge in [0.2, 0.25) is 0 Å². The summed E-state index contributed by atoms with van der Waals surface area (Å²) in [5.74, 6) is 1.47. The van der Waals surface area contributed by atoms with Crippen molar-refractivity contribution in [1.82, 2.24) is 9.97 Å². The SMILES string of the molecule is COc1ccc(Nc2cc(-c3cccc(C=O)c3)ncn2)cc1. The summed E-state index contributed by atoms with van der Waals surface area (Å²) in [6, 6.07) is 16.7. The van der Waals surface area contributed by atoms with E-state index in [-0.39, 0.29) is 0 Å². The Morgan fingerprint density at radius 1 is 1.04 bits per heavy atom. The number of rotatable bonds is 5. The predicted molar refractivity (Wildman–Crippen MR) is 89.1 cm³/mol. The monoisotopic (exact) mass is 305 g/mol. The third-order valence-electron chi connectivity index (χ3n) is 3.35. The van der Waals surface area contributed by atoms with Gasteiger partial charge in [-0.05, 0) is 30.3 Å². The number of benzene rings is 2. The Morgan fingerprint density at radius 2 is 1.87 bits per heavy atom. The molecule has 3 rings (SSSR count). The summed E-state index contributed by atoms with van der Waals surface area (Å²) in [6.45, 7) is 0. The summed E-state index contributed by atoms with van der Waals surface area (Å²) in [6.07, 6.45) is 2.32. The fourth-order valence-electron chi connectivity index (χ4n) is 2.18. The highest BCUT2D eigenvalue weighted by Gasteiger charge is 2.04.